The van der Waals surface area contributed by atoms with Crippen LogP contribution in [0.2, 0.25) is 0 Å². The normalized spacial score (nSPS) is 18.5. The molecule has 1 unspecified atom stereocenters. The van der Waals surface area contributed by atoms with Crippen molar-refractivity contribution in [1.29, 1.82) is 0 Å². The summed E-state index contributed by atoms with van der Waals surface area (Å²) in [5, 5.41) is 2.89. The minimum absolute atomic E-state index is 0.141. The van der Waals surface area contributed by atoms with Gasteiger partial charge in [0.1, 0.15) is 0 Å². The highest BCUT2D eigenvalue weighted by atomic mass is 16.2. The van der Waals surface area contributed by atoms with E-state index in [9.17, 15) is 4.79 Å². The molecule has 1 rings (SSSR count). The number of rotatable bonds is 4. The Kier molecular flexibility index (Phi) is 4.94. The number of hydrogen-bond donors (Lipinski definition) is 1. The van der Waals surface area contributed by atoms with Crippen LogP contribution < -0.4 is 5.32 Å². The van der Waals surface area contributed by atoms with Crippen molar-refractivity contribution in [2.24, 2.45) is 5.92 Å². The molecular formula is C11H21N2O. The Hall–Kier alpha value is -0.570. The molecule has 0 aromatic rings. The fourth-order valence-corrected chi connectivity index (χ4v) is 1.66. The lowest BCUT2D eigenvalue weighted by Gasteiger charge is -2.25. The number of piperidine rings is 1. The van der Waals surface area contributed by atoms with E-state index in [-0.39, 0.29) is 5.91 Å². The summed E-state index contributed by atoms with van der Waals surface area (Å²) in [6, 6.07) is 0. The first kappa shape index (κ1) is 11.5. The fraction of sp³-hybridized carbons (Fsp3) is 0.818. The Morgan fingerprint density at radius 1 is 1.43 bits per heavy atom. The van der Waals surface area contributed by atoms with E-state index >= 15 is 0 Å². The summed E-state index contributed by atoms with van der Waals surface area (Å²) in [5.74, 6) is 0.433. The van der Waals surface area contributed by atoms with Crippen LogP contribution in [0.15, 0.2) is 0 Å². The van der Waals surface area contributed by atoms with Crippen LogP contribution in [0.5, 0.6) is 0 Å². The summed E-state index contributed by atoms with van der Waals surface area (Å²) in [5.41, 5.74) is 0. The quantitative estimate of drug-likeness (QED) is 0.731. The molecule has 1 fully saturated rings. The van der Waals surface area contributed by atoms with E-state index in [1.54, 1.807) is 0 Å². The molecule has 1 saturated heterocycles. The lowest BCUT2D eigenvalue weighted by atomic mass is 10.1. The first-order valence-corrected chi connectivity index (χ1v) is 5.50. The Morgan fingerprint density at radius 2 is 2.07 bits per heavy atom. The second-order valence-electron chi connectivity index (χ2n) is 4.25. The van der Waals surface area contributed by atoms with Gasteiger partial charge in [-0.3, -0.25) is 9.69 Å². The molecule has 0 bridgehead atoms. The van der Waals surface area contributed by atoms with Crippen LogP contribution in [-0.4, -0.2) is 37.0 Å². The lowest BCUT2D eigenvalue weighted by Crippen LogP contribution is -2.40. The van der Waals surface area contributed by atoms with Gasteiger partial charge in [-0.1, -0.05) is 13.3 Å². The van der Waals surface area contributed by atoms with E-state index in [0.29, 0.717) is 19.0 Å². The lowest BCUT2D eigenvalue weighted by molar-refractivity contribution is -0.122. The molecule has 1 heterocycles. The highest BCUT2D eigenvalue weighted by molar-refractivity contribution is 5.78. The van der Waals surface area contributed by atoms with E-state index in [1.807, 2.05) is 6.92 Å². The van der Waals surface area contributed by atoms with Gasteiger partial charge in [-0.05, 0) is 38.8 Å². The molecule has 14 heavy (non-hydrogen) atoms. The third kappa shape index (κ3) is 4.61. The summed E-state index contributed by atoms with van der Waals surface area (Å²) < 4.78 is 0. The Labute approximate surface area is 86.9 Å². The van der Waals surface area contributed by atoms with Gasteiger partial charge >= 0.3 is 0 Å². The number of amides is 1. The highest BCUT2D eigenvalue weighted by Crippen LogP contribution is 2.07. The van der Waals surface area contributed by atoms with Gasteiger partial charge in [0.15, 0.2) is 0 Å². The molecule has 1 amide bonds. The third-order valence-corrected chi connectivity index (χ3v) is 2.46. The zero-order chi connectivity index (χ0) is 10.4. The molecule has 0 aromatic carbocycles. The number of carbonyl (C=O) groups excluding carboxylic acids is 1. The first-order valence-electron chi connectivity index (χ1n) is 5.50. The molecule has 1 atom stereocenters. The molecule has 0 saturated carbocycles. The van der Waals surface area contributed by atoms with E-state index < -0.39 is 0 Å². The van der Waals surface area contributed by atoms with Crippen LogP contribution in [-0.2, 0) is 4.79 Å². The van der Waals surface area contributed by atoms with Crippen LogP contribution >= 0.6 is 0 Å². The molecule has 0 spiro atoms. The molecule has 3 heteroatoms. The number of hydrogen-bond acceptors (Lipinski definition) is 2. The number of carbonyl (C=O) groups is 1. The Morgan fingerprint density at radius 3 is 2.64 bits per heavy atom. The number of likely N-dealkylation sites (tertiary alicyclic amines) is 1. The standard InChI is InChI=1S/C11H21N2O/c1-10(2)8-12-11(14)9-13-6-4-3-5-7-13/h10H,1,3-9H2,2H3,(H,12,14). The molecule has 81 valence electrons. The van der Waals surface area contributed by atoms with Crippen molar-refractivity contribution in [1.82, 2.24) is 10.2 Å². The van der Waals surface area contributed by atoms with E-state index in [4.69, 9.17) is 0 Å². The fourth-order valence-electron chi connectivity index (χ4n) is 1.66. The van der Waals surface area contributed by atoms with E-state index in [1.165, 1.54) is 19.3 Å². The third-order valence-electron chi connectivity index (χ3n) is 2.46. The highest BCUT2D eigenvalue weighted by Gasteiger charge is 2.13. The number of nitrogens with one attached hydrogen (secondary N) is 1. The van der Waals surface area contributed by atoms with Crippen molar-refractivity contribution < 1.29 is 4.79 Å². The second kappa shape index (κ2) is 6.02. The number of nitrogens with zero attached hydrogens (tertiary/aromatic N) is 1. The van der Waals surface area contributed by atoms with Gasteiger partial charge in [0, 0.05) is 6.54 Å². The molecule has 0 aromatic heterocycles. The van der Waals surface area contributed by atoms with Crippen molar-refractivity contribution in [2.45, 2.75) is 26.2 Å². The zero-order valence-corrected chi connectivity index (χ0v) is 9.09. The molecule has 3 nitrogen and oxygen atoms in total. The summed E-state index contributed by atoms with van der Waals surface area (Å²) >= 11 is 0. The van der Waals surface area contributed by atoms with Gasteiger partial charge in [-0.25, -0.2) is 0 Å². The maximum Gasteiger partial charge on any atom is 0.234 e. The minimum Gasteiger partial charge on any atom is -0.355 e. The van der Waals surface area contributed by atoms with Gasteiger partial charge in [-0.15, -0.1) is 0 Å². The van der Waals surface area contributed by atoms with E-state index in [0.717, 1.165) is 13.1 Å². The van der Waals surface area contributed by atoms with Crippen LogP contribution in [0, 0.1) is 12.8 Å². The van der Waals surface area contributed by atoms with Gasteiger partial charge in [0.25, 0.3) is 0 Å². The average Bonchev–Trinajstić information content (AvgIpc) is 2.16. The first-order chi connectivity index (χ1) is 6.68. The van der Waals surface area contributed by atoms with Crippen LogP contribution in [0.3, 0.4) is 0 Å². The maximum absolute atomic E-state index is 11.4. The summed E-state index contributed by atoms with van der Waals surface area (Å²) in [6.07, 6.45) is 3.78. The molecule has 1 radical (unpaired) electrons. The zero-order valence-electron chi connectivity index (χ0n) is 9.09. The predicted molar refractivity (Wildman–Crippen MR) is 57.8 cm³/mol. The summed E-state index contributed by atoms with van der Waals surface area (Å²) in [6.45, 7) is 9.23. The SMILES string of the molecule is [CH2]C(C)CNC(=O)CN1CCCCC1. The summed E-state index contributed by atoms with van der Waals surface area (Å²) in [7, 11) is 0. The Balaban J connectivity index is 2.12. The second-order valence-corrected chi connectivity index (χ2v) is 4.25. The molecular weight excluding hydrogens is 176 g/mol. The molecule has 1 N–H and O–H groups in total. The molecule has 1 aliphatic heterocycles. The van der Waals surface area contributed by atoms with Crippen molar-refractivity contribution in [2.75, 3.05) is 26.2 Å². The van der Waals surface area contributed by atoms with Crippen molar-refractivity contribution in [3.8, 4) is 0 Å². The topological polar surface area (TPSA) is 32.3 Å². The van der Waals surface area contributed by atoms with Gasteiger partial charge in [0.2, 0.25) is 5.91 Å². The molecule has 0 aliphatic carbocycles. The monoisotopic (exact) mass is 197 g/mol. The van der Waals surface area contributed by atoms with Crippen molar-refractivity contribution >= 4 is 5.91 Å². The summed E-state index contributed by atoms with van der Waals surface area (Å²) in [4.78, 5) is 13.7. The van der Waals surface area contributed by atoms with Gasteiger partial charge in [0.05, 0.1) is 6.54 Å². The van der Waals surface area contributed by atoms with Crippen molar-refractivity contribution in [3.05, 3.63) is 6.92 Å². The van der Waals surface area contributed by atoms with Gasteiger partial charge < -0.3 is 5.32 Å². The largest absolute Gasteiger partial charge is 0.355 e. The predicted octanol–water partition coefficient (Wildman–Crippen LogP) is 1.06. The minimum atomic E-state index is 0.141. The van der Waals surface area contributed by atoms with Crippen molar-refractivity contribution in [3.63, 3.8) is 0 Å². The molecule has 1 aliphatic rings. The van der Waals surface area contributed by atoms with Crippen LogP contribution in [0.4, 0.5) is 0 Å². The Bertz CT molecular complexity index is 174. The van der Waals surface area contributed by atoms with E-state index in [2.05, 4.69) is 17.1 Å². The van der Waals surface area contributed by atoms with Crippen LogP contribution in [0.25, 0.3) is 0 Å². The average molecular weight is 197 g/mol. The maximum atomic E-state index is 11.4. The smallest absolute Gasteiger partial charge is 0.234 e. The van der Waals surface area contributed by atoms with Gasteiger partial charge in [-0.2, -0.15) is 0 Å². The van der Waals surface area contributed by atoms with Crippen LogP contribution in [0.1, 0.15) is 26.2 Å².